The number of nitrogens with two attached hydrogens (primary N) is 1. The summed E-state index contributed by atoms with van der Waals surface area (Å²) in [7, 11) is 1.25. The van der Waals surface area contributed by atoms with E-state index in [1.807, 2.05) is 0 Å². The Hall–Kier alpha value is -1.43. The van der Waals surface area contributed by atoms with Crippen molar-refractivity contribution < 1.29 is 23.0 Å². The molecule has 6 heteroatoms. The maximum Gasteiger partial charge on any atom is 0.416 e. The second-order valence-corrected chi connectivity index (χ2v) is 4.23. The first-order chi connectivity index (χ1) is 7.78. The zero-order valence-electron chi connectivity index (χ0n) is 9.14. The minimum Gasteiger partial charge on any atom is -0.507 e. The maximum atomic E-state index is 12.5. The molecule has 0 amide bonds. The molecule has 1 aliphatic rings. The summed E-state index contributed by atoms with van der Waals surface area (Å²) < 4.78 is 42.5. The van der Waals surface area contributed by atoms with E-state index in [0.29, 0.717) is 18.9 Å². The average molecular weight is 247 g/mol. The molecule has 1 fully saturated rings. The Morgan fingerprint density at radius 2 is 1.94 bits per heavy atom. The molecule has 0 bridgehead atoms. The van der Waals surface area contributed by atoms with Gasteiger partial charge in [0.25, 0.3) is 0 Å². The molecule has 17 heavy (non-hydrogen) atoms. The fourth-order valence-corrected chi connectivity index (χ4v) is 1.81. The number of benzene rings is 1. The van der Waals surface area contributed by atoms with Crippen LogP contribution in [0.3, 0.4) is 0 Å². The van der Waals surface area contributed by atoms with Gasteiger partial charge in [0.2, 0.25) is 0 Å². The molecule has 0 aromatic heterocycles. The average Bonchev–Trinajstić information content (AvgIpc) is 2.94. The van der Waals surface area contributed by atoms with Crippen molar-refractivity contribution in [2.45, 2.75) is 24.6 Å². The van der Waals surface area contributed by atoms with Crippen LogP contribution in [0.2, 0.25) is 0 Å². The molecule has 1 aromatic carbocycles. The first-order valence-corrected chi connectivity index (χ1v) is 5.05. The van der Waals surface area contributed by atoms with Crippen LogP contribution in [-0.2, 0) is 11.7 Å². The predicted molar refractivity (Wildman–Crippen MR) is 54.8 cm³/mol. The number of phenols is 1. The Morgan fingerprint density at radius 3 is 2.35 bits per heavy atom. The van der Waals surface area contributed by atoms with Crippen molar-refractivity contribution in [3.63, 3.8) is 0 Å². The van der Waals surface area contributed by atoms with Crippen molar-refractivity contribution in [1.29, 1.82) is 0 Å². The molecule has 0 heterocycles. The predicted octanol–water partition coefficient (Wildman–Crippen LogP) is 2.37. The fraction of sp³-hybridized carbons (Fsp3) is 0.455. The first-order valence-electron chi connectivity index (χ1n) is 5.05. The van der Waals surface area contributed by atoms with E-state index in [9.17, 15) is 18.3 Å². The molecule has 0 atom stereocenters. The van der Waals surface area contributed by atoms with E-state index in [4.69, 9.17) is 10.5 Å². The molecule has 0 radical (unpaired) electrons. The van der Waals surface area contributed by atoms with E-state index >= 15 is 0 Å². The molecule has 3 nitrogen and oxygen atoms in total. The van der Waals surface area contributed by atoms with Gasteiger partial charge in [0.1, 0.15) is 11.5 Å². The number of hydrogen-bond donors (Lipinski definition) is 2. The Balaban J connectivity index is 2.56. The molecular weight excluding hydrogens is 235 g/mol. The standard InChI is InChI=1S/C11H12F3NO2/c1-17-8-5-6(11(12,13)14)4-7(16)9(8)10(15)2-3-10/h4-5,16H,2-3,15H2,1H3. The molecule has 1 aliphatic carbocycles. The summed E-state index contributed by atoms with van der Waals surface area (Å²) in [5.74, 6) is -0.478. The van der Waals surface area contributed by atoms with Crippen LogP contribution in [0.15, 0.2) is 12.1 Å². The largest absolute Gasteiger partial charge is 0.507 e. The number of aromatic hydroxyl groups is 1. The van der Waals surface area contributed by atoms with Crippen molar-refractivity contribution in [2.24, 2.45) is 5.73 Å². The molecule has 0 aliphatic heterocycles. The van der Waals surface area contributed by atoms with Crippen LogP contribution >= 0.6 is 0 Å². The van der Waals surface area contributed by atoms with Gasteiger partial charge < -0.3 is 15.6 Å². The third-order valence-electron chi connectivity index (χ3n) is 2.92. The van der Waals surface area contributed by atoms with E-state index in [-0.39, 0.29) is 11.3 Å². The molecular formula is C11H12F3NO2. The van der Waals surface area contributed by atoms with Crippen LogP contribution in [0.25, 0.3) is 0 Å². The summed E-state index contributed by atoms with van der Waals surface area (Å²) in [6, 6.07) is 1.55. The monoisotopic (exact) mass is 247 g/mol. The summed E-state index contributed by atoms with van der Waals surface area (Å²) in [4.78, 5) is 0. The third kappa shape index (κ3) is 2.04. The lowest BCUT2D eigenvalue weighted by molar-refractivity contribution is -0.137. The molecule has 3 N–H and O–H groups in total. The molecule has 1 saturated carbocycles. The molecule has 94 valence electrons. The summed E-state index contributed by atoms with van der Waals surface area (Å²) in [6.45, 7) is 0. The van der Waals surface area contributed by atoms with Gasteiger partial charge in [-0.15, -0.1) is 0 Å². The van der Waals surface area contributed by atoms with Gasteiger partial charge in [-0.1, -0.05) is 0 Å². The van der Waals surface area contributed by atoms with Crippen LogP contribution in [-0.4, -0.2) is 12.2 Å². The maximum absolute atomic E-state index is 12.5. The van der Waals surface area contributed by atoms with Crippen molar-refractivity contribution >= 4 is 0 Å². The van der Waals surface area contributed by atoms with E-state index in [1.165, 1.54) is 7.11 Å². The molecule has 2 rings (SSSR count). The van der Waals surface area contributed by atoms with Crippen LogP contribution in [0, 0.1) is 0 Å². The second kappa shape index (κ2) is 3.53. The Labute approximate surface area is 96.0 Å². The van der Waals surface area contributed by atoms with E-state index in [2.05, 4.69) is 0 Å². The zero-order valence-corrected chi connectivity index (χ0v) is 9.14. The highest BCUT2D eigenvalue weighted by Crippen LogP contribution is 2.51. The van der Waals surface area contributed by atoms with Crippen LogP contribution < -0.4 is 10.5 Å². The number of methoxy groups -OCH3 is 1. The first kappa shape index (κ1) is 12.0. The fourth-order valence-electron chi connectivity index (χ4n) is 1.81. The Morgan fingerprint density at radius 1 is 1.35 bits per heavy atom. The van der Waals surface area contributed by atoms with Gasteiger partial charge in [0, 0.05) is 5.54 Å². The van der Waals surface area contributed by atoms with Crippen LogP contribution in [0.5, 0.6) is 11.5 Å². The molecule has 0 unspecified atom stereocenters. The Bertz CT molecular complexity index is 453. The van der Waals surface area contributed by atoms with Gasteiger partial charge in [0.05, 0.1) is 18.2 Å². The number of halogens is 3. The highest BCUT2D eigenvalue weighted by atomic mass is 19.4. The normalized spacial score (nSPS) is 17.9. The molecule has 0 spiro atoms. The van der Waals surface area contributed by atoms with E-state index in [1.54, 1.807) is 0 Å². The van der Waals surface area contributed by atoms with Gasteiger partial charge in [-0.05, 0) is 25.0 Å². The Kier molecular flexibility index (Phi) is 2.50. The number of alkyl halides is 3. The molecule has 1 aromatic rings. The lowest BCUT2D eigenvalue weighted by Gasteiger charge is -2.18. The minimum absolute atomic E-state index is 0.0164. The number of rotatable bonds is 2. The van der Waals surface area contributed by atoms with Gasteiger partial charge in [-0.3, -0.25) is 0 Å². The third-order valence-corrected chi connectivity index (χ3v) is 2.92. The van der Waals surface area contributed by atoms with Gasteiger partial charge >= 0.3 is 6.18 Å². The van der Waals surface area contributed by atoms with Crippen molar-refractivity contribution in [1.82, 2.24) is 0 Å². The molecule has 0 saturated heterocycles. The lowest BCUT2D eigenvalue weighted by atomic mass is 10.0. The minimum atomic E-state index is -4.52. The lowest BCUT2D eigenvalue weighted by Crippen LogP contribution is -2.20. The van der Waals surface area contributed by atoms with E-state index < -0.39 is 23.0 Å². The SMILES string of the molecule is COc1cc(C(F)(F)F)cc(O)c1C1(N)CC1. The summed E-state index contributed by atoms with van der Waals surface area (Å²) in [5.41, 5.74) is 4.45. The summed E-state index contributed by atoms with van der Waals surface area (Å²) in [5, 5.41) is 9.68. The highest BCUT2D eigenvalue weighted by molar-refractivity contribution is 5.53. The number of phenolic OH excluding ortho intramolecular Hbond substituents is 1. The quantitative estimate of drug-likeness (QED) is 0.843. The van der Waals surface area contributed by atoms with E-state index in [0.717, 1.165) is 6.07 Å². The van der Waals surface area contributed by atoms with Crippen LogP contribution in [0.1, 0.15) is 24.0 Å². The van der Waals surface area contributed by atoms with Gasteiger partial charge in [-0.2, -0.15) is 13.2 Å². The second-order valence-electron chi connectivity index (χ2n) is 4.23. The topological polar surface area (TPSA) is 55.5 Å². The van der Waals surface area contributed by atoms with Crippen molar-refractivity contribution in [3.05, 3.63) is 23.3 Å². The van der Waals surface area contributed by atoms with Crippen molar-refractivity contribution in [3.8, 4) is 11.5 Å². The smallest absolute Gasteiger partial charge is 0.416 e. The zero-order chi connectivity index (χ0) is 12.8. The van der Waals surface area contributed by atoms with Gasteiger partial charge in [-0.25, -0.2) is 0 Å². The van der Waals surface area contributed by atoms with Crippen molar-refractivity contribution in [2.75, 3.05) is 7.11 Å². The summed E-state index contributed by atoms with van der Waals surface area (Å²) >= 11 is 0. The van der Waals surface area contributed by atoms with Crippen LogP contribution in [0.4, 0.5) is 13.2 Å². The number of hydrogen-bond acceptors (Lipinski definition) is 3. The highest BCUT2D eigenvalue weighted by Gasteiger charge is 2.45. The van der Waals surface area contributed by atoms with Gasteiger partial charge in [0.15, 0.2) is 0 Å². The number of ether oxygens (including phenoxy) is 1. The summed E-state index contributed by atoms with van der Waals surface area (Å²) in [6.07, 6.45) is -3.26.